The van der Waals surface area contributed by atoms with Crippen LogP contribution in [0, 0.1) is 11.8 Å². The topological polar surface area (TPSA) is 84.2 Å². The van der Waals surface area contributed by atoms with E-state index in [0.717, 1.165) is 44.5 Å². The highest BCUT2D eigenvalue weighted by Crippen LogP contribution is 2.38. The fraction of sp³-hybridized carbons (Fsp3) is 0.864. The predicted octanol–water partition coefficient (Wildman–Crippen LogP) is 0.940. The summed E-state index contributed by atoms with van der Waals surface area (Å²) < 4.78 is 17.6. The minimum absolute atomic E-state index is 0.0251. The number of hydrogen-bond donors (Lipinski definition) is 2. The Balaban J connectivity index is 1.18. The molecule has 2 aliphatic carbocycles. The molecule has 1 amide bonds. The number of halogens is 1. The third-order valence-electron chi connectivity index (χ3n) is 8.20. The first-order chi connectivity index (χ1) is 14.9. The van der Waals surface area contributed by atoms with E-state index < -0.39 is 6.17 Å². The van der Waals surface area contributed by atoms with Crippen LogP contribution in [0.15, 0.2) is 4.79 Å². The van der Waals surface area contributed by atoms with Crippen LogP contribution in [0.4, 0.5) is 4.39 Å². The highest BCUT2D eigenvalue weighted by molar-refractivity contribution is 5.82. The average molecular weight is 435 g/mol. The molecular formula is C22H35FN6O2. The molecule has 2 saturated carbocycles. The molecule has 0 spiro atoms. The monoisotopic (exact) mass is 434 g/mol. The number of aryl methyl sites for hydroxylation is 1. The van der Waals surface area contributed by atoms with E-state index in [1.807, 2.05) is 0 Å². The molecule has 3 heterocycles. The van der Waals surface area contributed by atoms with Crippen LogP contribution in [0.1, 0.15) is 57.7 Å². The first-order valence-corrected chi connectivity index (χ1v) is 12.0. The van der Waals surface area contributed by atoms with Crippen LogP contribution in [0.2, 0.25) is 0 Å². The molecule has 0 radical (unpaired) electrons. The smallest absolute Gasteiger partial charge is 0.345 e. The van der Waals surface area contributed by atoms with E-state index in [2.05, 4.69) is 27.6 Å². The Morgan fingerprint density at radius 3 is 2.84 bits per heavy atom. The van der Waals surface area contributed by atoms with Crippen molar-refractivity contribution in [3.8, 4) is 0 Å². The van der Waals surface area contributed by atoms with Crippen LogP contribution in [0.25, 0.3) is 0 Å². The van der Waals surface area contributed by atoms with Crippen molar-refractivity contribution in [3.05, 3.63) is 16.3 Å². The second kappa shape index (κ2) is 8.31. The first-order valence-electron chi connectivity index (χ1n) is 12.0. The summed E-state index contributed by atoms with van der Waals surface area (Å²) >= 11 is 0. The van der Waals surface area contributed by atoms with Crippen LogP contribution in [0.5, 0.6) is 0 Å². The predicted molar refractivity (Wildman–Crippen MR) is 114 cm³/mol. The summed E-state index contributed by atoms with van der Waals surface area (Å²) in [5.74, 6) is 1.27. The number of hydrogen-bond acceptors (Lipinski definition) is 5. The summed E-state index contributed by atoms with van der Waals surface area (Å²) in [5.41, 5.74) is -0.0436. The molecule has 9 heteroatoms. The molecule has 5 rings (SSSR count). The number of rotatable bonds is 3. The number of carbonyl (C=O) groups is 1. The zero-order valence-electron chi connectivity index (χ0n) is 18.6. The summed E-state index contributed by atoms with van der Waals surface area (Å²) in [6, 6.07) is 0.399. The Morgan fingerprint density at radius 1 is 1.19 bits per heavy atom. The summed E-state index contributed by atoms with van der Waals surface area (Å²) in [6.45, 7) is 4.37. The number of amides is 1. The van der Waals surface area contributed by atoms with Crippen LogP contribution in [-0.2, 0) is 24.9 Å². The fourth-order valence-corrected chi connectivity index (χ4v) is 6.43. The lowest BCUT2D eigenvalue weighted by Crippen LogP contribution is -2.52. The highest BCUT2D eigenvalue weighted by atomic mass is 19.1. The van der Waals surface area contributed by atoms with Gasteiger partial charge in [0, 0.05) is 44.2 Å². The van der Waals surface area contributed by atoms with Crippen LogP contribution >= 0.6 is 0 Å². The Bertz CT molecular complexity index is 866. The molecule has 2 aliphatic heterocycles. The van der Waals surface area contributed by atoms with E-state index in [-0.39, 0.29) is 35.6 Å². The maximum atomic E-state index is 14.4. The minimum atomic E-state index is -0.784. The maximum Gasteiger partial charge on any atom is 0.345 e. The quantitative estimate of drug-likeness (QED) is 0.740. The van der Waals surface area contributed by atoms with Gasteiger partial charge in [-0.2, -0.15) is 5.10 Å². The number of fused-ring (bicyclic) bond motifs is 2. The molecule has 7 atom stereocenters. The Morgan fingerprint density at radius 2 is 2.03 bits per heavy atom. The first kappa shape index (κ1) is 21.1. The molecule has 0 aromatic carbocycles. The van der Waals surface area contributed by atoms with Gasteiger partial charge in [-0.15, -0.1) is 0 Å². The van der Waals surface area contributed by atoms with Gasteiger partial charge in [-0.1, -0.05) is 6.92 Å². The Labute approximate surface area is 182 Å². The lowest BCUT2D eigenvalue weighted by atomic mass is 9.77. The van der Waals surface area contributed by atoms with Gasteiger partial charge in [-0.25, -0.2) is 13.9 Å². The normalized spacial score (nSPS) is 38.5. The van der Waals surface area contributed by atoms with Crippen molar-refractivity contribution >= 4 is 5.91 Å². The molecule has 172 valence electrons. The summed E-state index contributed by atoms with van der Waals surface area (Å²) in [7, 11) is 1.70. The molecule has 1 aromatic rings. The van der Waals surface area contributed by atoms with Crippen molar-refractivity contribution in [3.63, 3.8) is 0 Å². The van der Waals surface area contributed by atoms with E-state index in [9.17, 15) is 14.0 Å². The van der Waals surface area contributed by atoms with E-state index in [0.29, 0.717) is 37.9 Å². The summed E-state index contributed by atoms with van der Waals surface area (Å²) in [4.78, 5) is 27.5. The van der Waals surface area contributed by atoms with Gasteiger partial charge in [-0.05, 0) is 50.9 Å². The number of carbonyl (C=O) groups excluding carboxylic acids is 1. The van der Waals surface area contributed by atoms with Crippen molar-refractivity contribution in [2.24, 2.45) is 18.9 Å². The zero-order valence-corrected chi connectivity index (χ0v) is 18.6. The summed E-state index contributed by atoms with van der Waals surface area (Å²) in [5, 5.41) is 11.1. The molecule has 5 unspecified atom stereocenters. The van der Waals surface area contributed by atoms with Crippen molar-refractivity contribution in [1.82, 2.24) is 29.9 Å². The van der Waals surface area contributed by atoms with Gasteiger partial charge < -0.3 is 10.6 Å². The number of aromatic nitrogens is 3. The molecule has 1 saturated heterocycles. The molecule has 4 aliphatic rings. The lowest BCUT2D eigenvalue weighted by Gasteiger charge is -2.39. The molecule has 1 aromatic heterocycles. The third-order valence-corrected chi connectivity index (χ3v) is 8.20. The molecule has 31 heavy (non-hydrogen) atoms. The minimum Gasteiger partial charge on any atom is -0.352 e. The second-order valence-corrected chi connectivity index (χ2v) is 10.2. The molecule has 0 bridgehead atoms. The van der Waals surface area contributed by atoms with Crippen molar-refractivity contribution in [1.29, 1.82) is 0 Å². The molecule has 8 nitrogen and oxygen atoms in total. The molecular weight excluding hydrogens is 399 g/mol. The molecule has 2 N–H and O–H groups in total. The van der Waals surface area contributed by atoms with E-state index >= 15 is 0 Å². The van der Waals surface area contributed by atoms with Crippen molar-refractivity contribution in [2.45, 2.75) is 95.3 Å². The summed E-state index contributed by atoms with van der Waals surface area (Å²) in [6.07, 6.45) is 5.45. The van der Waals surface area contributed by atoms with E-state index in [1.54, 1.807) is 11.6 Å². The fourth-order valence-electron chi connectivity index (χ4n) is 6.43. The van der Waals surface area contributed by atoms with Crippen LogP contribution in [0.3, 0.4) is 0 Å². The largest absolute Gasteiger partial charge is 0.352 e. The van der Waals surface area contributed by atoms with Crippen LogP contribution < -0.4 is 16.3 Å². The number of nitrogens with zero attached hydrogens (tertiary/aromatic N) is 4. The second-order valence-electron chi connectivity index (χ2n) is 10.2. The van der Waals surface area contributed by atoms with Gasteiger partial charge in [0.25, 0.3) is 0 Å². The number of nitrogens with one attached hydrogen (secondary N) is 2. The molecule has 3 fully saturated rings. The van der Waals surface area contributed by atoms with Gasteiger partial charge in [0.2, 0.25) is 5.91 Å². The lowest BCUT2D eigenvalue weighted by molar-refractivity contribution is -0.124. The third kappa shape index (κ3) is 3.95. The van der Waals surface area contributed by atoms with Crippen molar-refractivity contribution in [2.75, 3.05) is 6.54 Å². The van der Waals surface area contributed by atoms with Gasteiger partial charge >= 0.3 is 5.69 Å². The average Bonchev–Trinajstić information content (AvgIpc) is 3.34. The SMILES string of the molecule is CC1CCC(F)C2CC(C(=O)N[C@@H]3CCC[C@@H](N4CCn5c(nn(C)c5=O)C4)C3)NC12. The number of alkyl halides is 1. The van der Waals surface area contributed by atoms with Gasteiger partial charge in [0.1, 0.15) is 12.0 Å². The standard InChI is InChI=1S/C22H35FN6O2/c1-13-6-7-17(23)16-11-18(25-20(13)16)21(30)24-14-4-3-5-15(10-14)28-8-9-29-19(12-28)26-27(2)22(29)31/h13-18,20,25H,3-12H2,1-2H3,(H,24,30)/t13?,14-,15-,16?,17?,18?,20?/m1/s1. The zero-order chi connectivity index (χ0) is 21.7. The highest BCUT2D eigenvalue weighted by Gasteiger charge is 2.46. The van der Waals surface area contributed by atoms with Crippen LogP contribution in [-0.4, -0.2) is 62.0 Å². The van der Waals surface area contributed by atoms with Gasteiger partial charge in [-0.3, -0.25) is 14.3 Å². The Hall–Kier alpha value is -1.74. The van der Waals surface area contributed by atoms with Gasteiger partial charge in [0.15, 0.2) is 0 Å². The van der Waals surface area contributed by atoms with Crippen molar-refractivity contribution < 1.29 is 9.18 Å². The maximum absolute atomic E-state index is 14.4. The van der Waals surface area contributed by atoms with Gasteiger partial charge in [0.05, 0.1) is 12.6 Å². The van der Waals surface area contributed by atoms with E-state index in [4.69, 9.17) is 0 Å². The van der Waals surface area contributed by atoms with E-state index in [1.165, 1.54) is 4.68 Å². The Kier molecular flexibility index (Phi) is 5.66.